The van der Waals surface area contributed by atoms with Crippen LogP contribution >= 0.6 is 11.6 Å². The van der Waals surface area contributed by atoms with Gasteiger partial charge in [-0.25, -0.2) is 0 Å². The van der Waals surface area contributed by atoms with E-state index >= 15 is 0 Å². The molecule has 6 heteroatoms. The normalized spacial score (nSPS) is 15.4. The monoisotopic (exact) mass is 218 g/mol. The van der Waals surface area contributed by atoms with Crippen LogP contribution in [0.5, 0.6) is 0 Å². The van der Waals surface area contributed by atoms with Crippen molar-refractivity contribution in [2.24, 2.45) is 4.99 Å². The summed E-state index contributed by atoms with van der Waals surface area (Å²) in [6.45, 7) is 1.70. The maximum atomic E-state index is 11.2. The van der Waals surface area contributed by atoms with Crippen molar-refractivity contribution in [2.45, 2.75) is 12.8 Å². The number of guanidine groups is 1. The standard InChI is InChI=1S/C8H15ClN4O/c1-13(12-7(14)3-4-9)8-10-5-2-6-11-8/h2-6H2,1H3,(H,10,11)(H,12,14). The highest BCUT2D eigenvalue weighted by molar-refractivity contribution is 6.18. The first-order chi connectivity index (χ1) is 6.74. The van der Waals surface area contributed by atoms with Gasteiger partial charge in [-0.05, 0) is 6.42 Å². The lowest BCUT2D eigenvalue weighted by atomic mass is 10.4. The summed E-state index contributed by atoms with van der Waals surface area (Å²) < 4.78 is 0. The third-order valence-corrected chi connectivity index (χ3v) is 2.00. The van der Waals surface area contributed by atoms with Crippen LogP contribution in [0.3, 0.4) is 0 Å². The first-order valence-electron chi connectivity index (χ1n) is 4.61. The highest BCUT2D eigenvalue weighted by Gasteiger charge is 2.11. The molecule has 0 aliphatic carbocycles. The van der Waals surface area contributed by atoms with Gasteiger partial charge in [0.1, 0.15) is 0 Å². The molecule has 0 fully saturated rings. The number of hydrogen-bond acceptors (Lipinski definition) is 4. The SMILES string of the molecule is CN(NC(=O)CCCl)C1=NCCCN1. The van der Waals surface area contributed by atoms with Crippen LogP contribution in [-0.2, 0) is 4.79 Å². The van der Waals surface area contributed by atoms with E-state index in [1.54, 1.807) is 12.1 Å². The first kappa shape index (κ1) is 11.1. The molecule has 1 aliphatic rings. The topological polar surface area (TPSA) is 56.7 Å². The highest BCUT2D eigenvalue weighted by atomic mass is 35.5. The van der Waals surface area contributed by atoms with Crippen LogP contribution in [0, 0.1) is 0 Å². The van der Waals surface area contributed by atoms with E-state index in [1.807, 2.05) is 0 Å². The summed E-state index contributed by atoms with van der Waals surface area (Å²) in [5.41, 5.74) is 2.67. The molecule has 0 aromatic heterocycles. The molecule has 1 heterocycles. The second kappa shape index (κ2) is 5.70. The maximum absolute atomic E-state index is 11.2. The average molecular weight is 219 g/mol. The fourth-order valence-corrected chi connectivity index (χ4v) is 1.30. The number of halogens is 1. The highest BCUT2D eigenvalue weighted by Crippen LogP contribution is 1.92. The van der Waals surface area contributed by atoms with Crippen molar-refractivity contribution in [3.8, 4) is 0 Å². The molecule has 0 aromatic carbocycles. The van der Waals surface area contributed by atoms with Gasteiger partial charge in [0, 0.05) is 32.4 Å². The smallest absolute Gasteiger partial charge is 0.239 e. The maximum Gasteiger partial charge on any atom is 0.239 e. The van der Waals surface area contributed by atoms with Crippen molar-refractivity contribution < 1.29 is 4.79 Å². The summed E-state index contributed by atoms with van der Waals surface area (Å²) in [6.07, 6.45) is 1.35. The van der Waals surface area contributed by atoms with Crippen molar-refractivity contribution in [1.82, 2.24) is 15.8 Å². The van der Waals surface area contributed by atoms with E-state index in [0.29, 0.717) is 18.3 Å². The molecule has 0 saturated carbocycles. The predicted molar refractivity (Wildman–Crippen MR) is 56.2 cm³/mol. The minimum absolute atomic E-state index is 0.0995. The Balaban J connectivity index is 2.36. The van der Waals surface area contributed by atoms with Gasteiger partial charge in [0.05, 0.1) is 0 Å². The average Bonchev–Trinajstić information content (AvgIpc) is 2.19. The van der Waals surface area contributed by atoms with Crippen LogP contribution in [0.15, 0.2) is 4.99 Å². The third-order valence-electron chi connectivity index (χ3n) is 1.81. The number of alkyl halides is 1. The molecule has 14 heavy (non-hydrogen) atoms. The summed E-state index contributed by atoms with van der Waals surface area (Å²) in [7, 11) is 1.75. The predicted octanol–water partition coefficient (Wildman–Crippen LogP) is -0.0724. The van der Waals surface area contributed by atoms with E-state index in [1.165, 1.54) is 0 Å². The molecule has 0 atom stereocenters. The van der Waals surface area contributed by atoms with Crippen molar-refractivity contribution in [1.29, 1.82) is 0 Å². The zero-order valence-corrected chi connectivity index (χ0v) is 8.97. The number of nitrogens with zero attached hydrogens (tertiary/aromatic N) is 2. The van der Waals surface area contributed by atoms with Crippen LogP contribution in [0.4, 0.5) is 0 Å². The van der Waals surface area contributed by atoms with E-state index in [-0.39, 0.29) is 5.91 Å². The van der Waals surface area contributed by atoms with Gasteiger partial charge in [0.15, 0.2) is 0 Å². The second-order valence-corrected chi connectivity index (χ2v) is 3.40. The molecule has 80 valence electrons. The van der Waals surface area contributed by atoms with Crippen molar-refractivity contribution in [2.75, 3.05) is 26.0 Å². The molecule has 0 aromatic rings. The Kier molecular flexibility index (Phi) is 4.52. The number of aliphatic imine (C=N–C) groups is 1. The van der Waals surface area contributed by atoms with Crippen LogP contribution < -0.4 is 10.7 Å². The number of carbonyl (C=O) groups excluding carboxylic acids is 1. The van der Waals surface area contributed by atoms with Gasteiger partial charge in [-0.1, -0.05) is 0 Å². The molecular formula is C8H15ClN4O. The van der Waals surface area contributed by atoms with Gasteiger partial charge < -0.3 is 5.32 Å². The molecule has 1 amide bonds. The molecule has 0 radical (unpaired) electrons. The number of amides is 1. The Morgan fingerprint density at radius 2 is 2.57 bits per heavy atom. The van der Waals surface area contributed by atoms with Gasteiger partial charge >= 0.3 is 0 Å². The quantitative estimate of drug-likeness (QED) is 0.504. The number of rotatable bonds is 2. The Morgan fingerprint density at radius 1 is 1.79 bits per heavy atom. The molecule has 0 unspecified atom stereocenters. The van der Waals surface area contributed by atoms with Gasteiger partial charge in [-0.15, -0.1) is 11.6 Å². The zero-order chi connectivity index (χ0) is 10.4. The fourth-order valence-electron chi connectivity index (χ4n) is 1.13. The summed E-state index contributed by atoms with van der Waals surface area (Å²) >= 11 is 5.44. The summed E-state index contributed by atoms with van der Waals surface area (Å²) in [5.74, 6) is 0.941. The van der Waals surface area contributed by atoms with Crippen molar-refractivity contribution in [3.63, 3.8) is 0 Å². The van der Waals surface area contributed by atoms with Crippen LogP contribution in [-0.4, -0.2) is 42.9 Å². The second-order valence-electron chi connectivity index (χ2n) is 3.02. The molecule has 5 nitrogen and oxygen atoms in total. The minimum Gasteiger partial charge on any atom is -0.355 e. The zero-order valence-electron chi connectivity index (χ0n) is 8.22. The lowest BCUT2D eigenvalue weighted by Crippen LogP contribution is -2.50. The van der Waals surface area contributed by atoms with Crippen LogP contribution in [0.1, 0.15) is 12.8 Å². The number of hydrazine groups is 1. The van der Waals surface area contributed by atoms with Gasteiger partial charge in [0.25, 0.3) is 0 Å². The van der Waals surface area contributed by atoms with Crippen LogP contribution in [0.25, 0.3) is 0 Å². The number of carbonyl (C=O) groups is 1. The molecular weight excluding hydrogens is 204 g/mol. The summed E-state index contributed by atoms with van der Waals surface area (Å²) in [6, 6.07) is 0. The third kappa shape index (κ3) is 3.41. The molecule has 1 rings (SSSR count). The van der Waals surface area contributed by atoms with Crippen molar-refractivity contribution in [3.05, 3.63) is 0 Å². The molecule has 0 bridgehead atoms. The molecule has 0 spiro atoms. The Labute approximate surface area is 88.5 Å². The number of hydrogen-bond donors (Lipinski definition) is 2. The van der Waals surface area contributed by atoms with Gasteiger partial charge in [-0.2, -0.15) is 0 Å². The first-order valence-corrected chi connectivity index (χ1v) is 5.15. The molecule has 2 N–H and O–H groups in total. The van der Waals surface area contributed by atoms with E-state index < -0.39 is 0 Å². The minimum atomic E-state index is -0.0995. The van der Waals surface area contributed by atoms with Gasteiger partial charge in [-0.3, -0.25) is 20.2 Å². The largest absolute Gasteiger partial charge is 0.355 e. The number of nitrogens with one attached hydrogen (secondary N) is 2. The Bertz CT molecular complexity index is 231. The summed E-state index contributed by atoms with van der Waals surface area (Å²) in [5, 5.41) is 4.69. The van der Waals surface area contributed by atoms with Crippen LogP contribution in [0.2, 0.25) is 0 Å². The summed E-state index contributed by atoms with van der Waals surface area (Å²) in [4.78, 5) is 15.4. The lowest BCUT2D eigenvalue weighted by Gasteiger charge is -2.24. The van der Waals surface area contributed by atoms with E-state index in [9.17, 15) is 4.79 Å². The van der Waals surface area contributed by atoms with E-state index in [2.05, 4.69) is 15.7 Å². The lowest BCUT2D eigenvalue weighted by molar-refractivity contribution is -0.123. The molecule has 1 aliphatic heterocycles. The fraction of sp³-hybridized carbons (Fsp3) is 0.750. The molecule has 0 saturated heterocycles. The Hall–Kier alpha value is -0.970. The van der Waals surface area contributed by atoms with E-state index in [4.69, 9.17) is 11.6 Å². The Morgan fingerprint density at radius 3 is 3.14 bits per heavy atom. The van der Waals surface area contributed by atoms with Gasteiger partial charge in [0.2, 0.25) is 11.9 Å². The van der Waals surface area contributed by atoms with E-state index in [0.717, 1.165) is 19.5 Å². The van der Waals surface area contributed by atoms with Crippen molar-refractivity contribution >= 4 is 23.5 Å².